The third-order valence-corrected chi connectivity index (χ3v) is 3.35. The molecule has 0 unspecified atom stereocenters. The van der Waals surface area contributed by atoms with Gasteiger partial charge in [-0.3, -0.25) is 4.79 Å². The molecule has 16 heavy (non-hydrogen) atoms. The topological polar surface area (TPSA) is 56.1 Å². The molecule has 0 saturated heterocycles. The molecule has 0 bridgehead atoms. The third-order valence-electron chi connectivity index (χ3n) is 3.35. The van der Waals surface area contributed by atoms with Crippen LogP contribution in [0, 0.1) is 11.3 Å². The molecule has 2 aliphatic rings. The van der Waals surface area contributed by atoms with Gasteiger partial charge in [-0.05, 0) is 12.8 Å². The second-order valence-corrected chi connectivity index (χ2v) is 4.61. The predicted octanol–water partition coefficient (Wildman–Crippen LogP) is 1.16. The summed E-state index contributed by atoms with van der Waals surface area (Å²) in [5, 5.41) is 12.2. The number of hydrogen-bond acceptors (Lipinski definition) is 3. The smallest absolute Gasteiger partial charge is 0.271 e. The quantitative estimate of drug-likeness (QED) is 0.758. The molecule has 4 heteroatoms. The van der Waals surface area contributed by atoms with Crippen LogP contribution in [0.25, 0.3) is 0 Å². The molecular weight excluding hydrogens is 202 g/mol. The van der Waals surface area contributed by atoms with E-state index in [-0.39, 0.29) is 5.91 Å². The van der Waals surface area contributed by atoms with E-state index in [0.717, 1.165) is 12.8 Å². The fourth-order valence-electron chi connectivity index (χ4n) is 2.40. The van der Waals surface area contributed by atoms with Crippen LogP contribution >= 0.6 is 0 Å². The average molecular weight is 219 g/mol. The van der Waals surface area contributed by atoms with E-state index in [0.29, 0.717) is 23.9 Å². The van der Waals surface area contributed by atoms with Gasteiger partial charge in [0.25, 0.3) is 5.91 Å². The van der Waals surface area contributed by atoms with Crippen molar-refractivity contribution in [1.82, 2.24) is 10.2 Å². The zero-order valence-electron chi connectivity index (χ0n) is 9.62. The number of nitriles is 1. The van der Waals surface area contributed by atoms with E-state index in [1.54, 1.807) is 11.9 Å². The summed E-state index contributed by atoms with van der Waals surface area (Å²) < 4.78 is 0. The number of carbonyl (C=O) groups is 1. The molecule has 1 aliphatic heterocycles. The number of likely N-dealkylation sites (N-methyl/N-ethyl adjacent to an activating group) is 1. The van der Waals surface area contributed by atoms with Crippen LogP contribution in [0.4, 0.5) is 0 Å². The van der Waals surface area contributed by atoms with Gasteiger partial charge in [-0.15, -0.1) is 0 Å². The van der Waals surface area contributed by atoms with E-state index < -0.39 is 0 Å². The van der Waals surface area contributed by atoms with Crippen LogP contribution in [-0.4, -0.2) is 30.4 Å². The highest BCUT2D eigenvalue weighted by molar-refractivity contribution is 5.97. The maximum Gasteiger partial charge on any atom is 0.271 e. The fraction of sp³-hybridized carbons (Fsp3) is 0.667. The maximum absolute atomic E-state index is 11.8. The Kier molecular flexibility index (Phi) is 3.14. The van der Waals surface area contributed by atoms with Crippen molar-refractivity contribution in [2.75, 3.05) is 13.6 Å². The number of hydrogen-bond donors (Lipinski definition) is 1. The standard InChI is InChI=1S/C12H17N3O/c1-15-8-9(7-13)11(12(15)16)14-10-5-3-2-4-6-10/h10,14H,2-6,8H2,1H3. The molecule has 1 saturated carbocycles. The highest BCUT2D eigenvalue weighted by atomic mass is 16.2. The average Bonchev–Trinajstić information content (AvgIpc) is 2.58. The largest absolute Gasteiger partial charge is 0.377 e. The molecule has 1 heterocycles. The Hall–Kier alpha value is -1.50. The summed E-state index contributed by atoms with van der Waals surface area (Å²) in [4.78, 5) is 13.4. The Balaban J connectivity index is 2.07. The van der Waals surface area contributed by atoms with Gasteiger partial charge in [-0.2, -0.15) is 5.26 Å². The van der Waals surface area contributed by atoms with Gasteiger partial charge in [0.05, 0.1) is 18.2 Å². The van der Waals surface area contributed by atoms with E-state index in [1.165, 1.54) is 19.3 Å². The fourth-order valence-corrected chi connectivity index (χ4v) is 2.40. The first-order valence-electron chi connectivity index (χ1n) is 5.87. The first-order valence-corrected chi connectivity index (χ1v) is 5.87. The van der Waals surface area contributed by atoms with Gasteiger partial charge in [0.15, 0.2) is 0 Å². The minimum absolute atomic E-state index is 0.0397. The molecule has 1 amide bonds. The van der Waals surface area contributed by atoms with Crippen LogP contribution in [0.15, 0.2) is 11.3 Å². The number of carbonyl (C=O) groups excluding carboxylic acids is 1. The lowest BCUT2D eigenvalue weighted by Gasteiger charge is -2.24. The van der Waals surface area contributed by atoms with Gasteiger partial charge >= 0.3 is 0 Å². The highest BCUT2D eigenvalue weighted by Gasteiger charge is 2.29. The monoisotopic (exact) mass is 219 g/mol. The van der Waals surface area contributed by atoms with Crippen molar-refractivity contribution in [3.8, 4) is 6.07 Å². The number of nitrogens with one attached hydrogen (secondary N) is 1. The zero-order valence-corrected chi connectivity index (χ0v) is 9.62. The second-order valence-electron chi connectivity index (χ2n) is 4.61. The summed E-state index contributed by atoms with van der Waals surface area (Å²) in [5.74, 6) is -0.0397. The highest BCUT2D eigenvalue weighted by Crippen LogP contribution is 2.21. The normalized spacial score (nSPS) is 22.5. The lowest BCUT2D eigenvalue weighted by Crippen LogP contribution is -2.35. The van der Waals surface area contributed by atoms with Crippen molar-refractivity contribution in [3.05, 3.63) is 11.3 Å². The van der Waals surface area contributed by atoms with E-state index in [2.05, 4.69) is 11.4 Å². The van der Waals surface area contributed by atoms with Crippen molar-refractivity contribution in [2.24, 2.45) is 0 Å². The van der Waals surface area contributed by atoms with E-state index >= 15 is 0 Å². The molecule has 86 valence electrons. The van der Waals surface area contributed by atoms with Crippen LogP contribution < -0.4 is 5.32 Å². The Morgan fingerprint density at radius 3 is 2.69 bits per heavy atom. The second kappa shape index (κ2) is 4.56. The van der Waals surface area contributed by atoms with Crippen LogP contribution in [0.5, 0.6) is 0 Å². The number of rotatable bonds is 2. The van der Waals surface area contributed by atoms with E-state index in [9.17, 15) is 4.79 Å². The molecular formula is C12H17N3O. The molecule has 0 aromatic rings. The minimum atomic E-state index is -0.0397. The lowest BCUT2D eigenvalue weighted by atomic mass is 9.95. The molecule has 0 aromatic carbocycles. The summed E-state index contributed by atoms with van der Waals surface area (Å²) in [6.07, 6.45) is 5.95. The Morgan fingerprint density at radius 1 is 1.38 bits per heavy atom. The molecule has 0 radical (unpaired) electrons. The van der Waals surface area contributed by atoms with Crippen LogP contribution in [0.2, 0.25) is 0 Å². The van der Waals surface area contributed by atoms with Gasteiger partial charge in [-0.25, -0.2) is 0 Å². The molecule has 1 N–H and O–H groups in total. The van der Waals surface area contributed by atoms with E-state index in [4.69, 9.17) is 5.26 Å². The van der Waals surface area contributed by atoms with Crippen LogP contribution in [0.3, 0.4) is 0 Å². The van der Waals surface area contributed by atoms with Gasteiger partial charge in [0.1, 0.15) is 5.70 Å². The van der Waals surface area contributed by atoms with Crippen molar-refractivity contribution in [2.45, 2.75) is 38.1 Å². The molecule has 0 aromatic heterocycles. The molecule has 2 rings (SSSR count). The van der Waals surface area contributed by atoms with Gasteiger partial charge in [-0.1, -0.05) is 19.3 Å². The maximum atomic E-state index is 11.8. The number of amides is 1. The lowest BCUT2D eigenvalue weighted by molar-refractivity contribution is -0.124. The van der Waals surface area contributed by atoms with Crippen molar-refractivity contribution < 1.29 is 4.79 Å². The van der Waals surface area contributed by atoms with Crippen LogP contribution in [0.1, 0.15) is 32.1 Å². The Labute approximate surface area is 95.9 Å². The van der Waals surface area contributed by atoms with Crippen LogP contribution in [-0.2, 0) is 4.79 Å². The molecule has 0 spiro atoms. The Bertz CT molecular complexity index is 361. The van der Waals surface area contributed by atoms with Gasteiger partial charge < -0.3 is 10.2 Å². The number of nitrogens with zero attached hydrogens (tertiary/aromatic N) is 2. The summed E-state index contributed by atoms with van der Waals surface area (Å²) in [7, 11) is 1.73. The molecule has 1 fully saturated rings. The molecule has 1 aliphatic carbocycles. The van der Waals surface area contributed by atoms with Crippen molar-refractivity contribution in [3.63, 3.8) is 0 Å². The SMILES string of the molecule is CN1CC(C#N)=C(NC2CCCCC2)C1=O. The minimum Gasteiger partial charge on any atom is -0.377 e. The van der Waals surface area contributed by atoms with Crippen molar-refractivity contribution >= 4 is 5.91 Å². The summed E-state index contributed by atoms with van der Waals surface area (Å²) in [6, 6.07) is 2.50. The third kappa shape index (κ3) is 2.04. The van der Waals surface area contributed by atoms with Gasteiger partial charge in [0.2, 0.25) is 0 Å². The summed E-state index contributed by atoms with van der Waals surface area (Å²) in [5.41, 5.74) is 1.12. The molecule has 0 atom stereocenters. The molecule has 4 nitrogen and oxygen atoms in total. The summed E-state index contributed by atoms with van der Waals surface area (Å²) >= 11 is 0. The first-order chi connectivity index (χ1) is 7.72. The van der Waals surface area contributed by atoms with E-state index in [1.807, 2.05) is 0 Å². The predicted molar refractivity (Wildman–Crippen MR) is 60.3 cm³/mol. The zero-order chi connectivity index (χ0) is 11.5. The van der Waals surface area contributed by atoms with Crippen molar-refractivity contribution in [1.29, 1.82) is 5.26 Å². The summed E-state index contributed by atoms with van der Waals surface area (Å²) in [6.45, 7) is 0.449. The Morgan fingerprint density at radius 2 is 2.06 bits per heavy atom. The first kappa shape index (κ1) is 11.0. The van der Waals surface area contributed by atoms with Gasteiger partial charge in [0, 0.05) is 13.1 Å².